The fourth-order valence-electron chi connectivity index (χ4n) is 2.14. The fourth-order valence-corrected chi connectivity index (χ4v) is 2.14. The van der Waals surface area contributed by atoms with Crippen molar-refractivity contribution in [2.24, 2.45) is 10.9 Å². The van der Waals surface area contributed by atoms with Crippen molar-refractivity contribution in [1.29, 1.82) is 0 Å². The van der Waals surface area contributed by atoms with Crippen molar-refractivity contribution in [3.8, 4) is 0 Å². The van der Waals surface area contributed by atoms with Gasteiger partial charge in [0.25, 0.3) is 5.91 Å². The van der Waals surface area contributed by atoms with Crippen molar-refractivity contribution in [3.63, 3.8) is 0 Å². The maximum absolute atomic E-state index is 12.4. The van der Waals surface area contributed by atoms with Crippen molar-refractivity contribution < 1.29 is 14.7 Å². The maximum Gasteiger partial charge on any atom is 0.303 e. The van der Waals surface area contributed by atoms with E-state index in [0.717, 1.165) is 11.1 Å². The van der Waals surface area contributed by atoms with E-state index < -0.39 is 5.97 Å². The van der Waals surface area contributed by atoms with Crippen LogP contribution in [0.15, 0.2) is 53.6 Å². The third-order valence-electron chi connectivity index (χ3n) is 3.25. The molecule has 0 atom stereocenters. The van der Waals surface area contributed by atoms with E-state index in [1.54, 1.807) is 42.5 Å². The van der Waals surface area contributed by atoms with Gasteiger partial charge in [0.1, 0.15) is 0 Å². The first kappa shape index (κ1) is 16.2. The van der Waals surface area contributed by atoms with Crippen LogP contribution >= 0.6 is 0 Å². The van der Waals surface area contributed by atoms with Gasteiger partial charge in [0.15, 0.2) is 0 Å². The number of carboxylic acids is 1. The zero-order valence-electron chi connectivity index (χ0n) is 12.4. The van der Waals surface area contributed by atoms with Gasteiger partial charge in [-0.15, -0.1) is 0 Å². The zero-order chi connectivity index (χ0) is 16.7. The van der Waals surface area contributed by atoms with Crippen LogP contribution in [0.25, 0.3) is 0 Å². The number of para-hydroxylation sites is 1. The number of hydrazone groups is 1. The number of carbonyl (C=O) groups excluding carboxylic acids is 1. The largest absolute Gasteiger partial charge is 0.481 e. The number of nitrogens with one attached hydrogen (secondary N) is 1. The van der Waals surface area contributed by atoms with E-state index >= 15 is 0 Å². The van der Waals surface area contributed by atoms with Crippen LogP contribution in [0.5, 0.6) is 0 Å². The number of aliphatic carboxylic acids is 1. The minimum atomic E-state index is -0.875. The SMILES string of the molecule is NN=Cc1cccc(C(=O)Nc2ccccc2CCC(=O)O)c1. The highest BCUT2D eigenvalue weighted by Crippen LogP contribution is 2.18. The highest BCUT2D eigenvalue weighted by Gasteiger charge is 2.10. The molecule has 0 aliphatic heterocycles. The van der Waals surface area contributed by atoms with Gasteiger partial charge in [0.2, 0.25) is 0 Å². The number of anilines is 1. The molecule has 0 bridgehead atoms. The number of nitrogens with zero attached hydrogens (tertiary/aromatic N) is 1. The average molecular weight is 311 g/mol. The predicted molar refractivity (Wildman–Crippen MR) is 88.6 cm³/mol. The fraction of sp³-hybridized carbons (Fsp3) is 0.118. The van der Waals surface area contributed by atoms with Crippen LogP contribution in [-0.4, -0.2) is 23.2 Å². The Balaban J connectivity index is 2.17. The molecule has 2 aromatic carbocycles. The second-order valence-electron chi connectivity index (χ2n) is 4.91. The molecular weight excluding hydrogens is 294 g/mol. The lowest BCUT2D eigenvalue weighted by Gasteiger charge is -2.10. The van der Waals surface area contributed by atoms with Crippen molar-refractivity contribution >= 4 is 23.8 Å². The van der Waals surface area contributed by atoms with Crippen LogP contribution in [0.4, 0.5) is 5.69 Å². The molecule has 2 aromatic rings. The third-order valence-corrected chi connectivity index (χ3v) is 3.25. The lowest BCUT2D eigenvalue weighted by Crippen LogP contribution is -2.14. The Morgan fingerprint density at radius 1 is 1.17 bits per heavy atom. The zero-order valence-corrected chi connectivity index (χ0v) is 12.4. The molecule has 0 aliphatic rings. The van der Waals surface area contributed by atoms with Gasteiger partial charge in [-0.1, -0.05) is 30.3 Å². The van der Waals surface area contributed by atoms with E-state index in [9.17, 15) is 9.59 Å². The van der Waals surface area contributed by atoms with Gasteiger partial charge in [0, 0.05) is 17.7 Å². The molecule has 6 nitrogen and oxygen atoms in total. The van der Waals surface area contributed by atoms with E-state index in [2.05, 4.69) is 10.4 Å². The Labute approximate surface area is 133 Å². The molecule has 0 saturated heterocycles. The highest BCUT2D eigenvalue weighted by molar-refractivity contribution is 6.05. The molecule has 2 rings (SSSR count). The number of nitrogens with two attached hydrogens (primary N) is 1. The van der Waals surface area contributed by atoms with Crippen molar-refractivity contribution in [2.45, 2.75) is 12.8 Å². The second kappa shape index (κ2) is 7.74. The van der Waals surface area contributed by atoms with Gasteiger partial charge in [0.05, 0.1) is 6.21 Å². The molecule has 1 amide bonds. The Bertz CT molecular complexity index is 741. The summed E-state index contributed by atoms with van der Waals surface area (Å²) in [6, 6.07) is 14.0. The number of hydrogen-bond donors (Lipinski definition) is 3. The minimum Gasteiger partial charge on any atom is -0.481 e. The number of carboxylic acid groups (broad SMARTS) is 1. The Morgan fingerprint density at radius 3 is 2.70 bits per heavy atom. The summed E-state index contributed by atoms with van der Waals surface area (Å²) in [5.41, 5.74) is 2.58. The smallest absolute Gasteiger partial charge is 0.303 e. The van der Waals surface area contributed by atoms with Gasteiger partial charge in [-0.05, 0) is 35.7 Å². The van der Waals surface area contributed by atoms with E-state index in [1.807, 2.05) is 6.07 Å². The van der Waals surface area contributed by atoms with E-state index in [-0.39, 0.29) is 12.3 Å². The van der Waals surface area contributed by atoms with Gasteiger partial charge in [-0.25, -0.2) is 0 Å². The monoisotopic (exact) mass is 311 g/mol. The number of benzene rings is 2. The van der Waals surface area contributed by atoms with Gasteiger partial charge in [-0.2, -0.15) is 5.10 Å². The lowest BCUT2D eigenvalue weighted by atomic mass is 10.1. The Kier molecular flexibility index (Phi) is 5.46. The number of carbonyl (C=O) groups is 2. The minimum absolute atomic E-state index is 0.00926. The molecule has 4 N–H and O–H groups in total. The lowest BCUT2D eigenvalue weighted by molar-refractivity contribution is -0.136. The summed E-state index contributed by atoms with van der Waals surface area (Å²) in [6.45, 7) is 0. The van der Waals surface area contributed by atoms with Gasteiger partial charge < -0.3 is 16.3 Å². The standard InChI is InChI=1S/C17H17N3O3/c18-19-11-12-4-3-6-14(10-12)17(23)20-15-7-2-1-5-13(15)8-9-16(21)22/h1-7,10-11H,8-9,18H2,(H,20,23)(H,21,22). The number of aryl methyl sites for hydroxylation is 1. The average Bonchev–Trinajstić information content (AvgIpc) is 2.54. The molecule has 0 radical (unpaired) electrons. The quantitative estimate of drug-likeness (QED) is 0.432. The maximum atomic E-state index is 12.4. The molecular formula is C17H17N3O3. The summed E-state index contributed by atoms with van der Waals surface area (Å²) in [7, 11) is 0. The number of hydrogen-bond acceptors (Lipinski definition) is 4. The van der Waals surface area contributed by atoms with Crippen molar-refractivity contribution in [2.75, 3.05) is 5.32 Å². The molecule has 0 fully saturated rings. The first-order chi connectivity index (χ1) is 11.1. The van der Waals surface area contributed by atoms with Crippen LogP contribution in [0.3, 0.4) is 0 Å². The highest BCUT2D eigenvalue weighted by atomic mass is 16.4. The topological polar surface area (TPSA) is 105 Å². The summed E-state index contributed by atoms with van der Waals surface area (Å²) in [5.74, 6) is 3.96. The van der Waals surface area contributed by atoms with Crippen LogP contribution < -0.4 is 11.2 Å². The molecule has 0 saturated carbocycles. The van der Waals surface area contributed by atoms with Crippen molar-refractivity contribution in [3.05, 3.63) is 65.2 Å². The molecule has 6 heteroatoms. The third kappa shape index (κ3) is 4.67. The van der Waals surface area contributed by atoms with E-state index in [1.165, 1.54) is 6.21 Å². The Morgan fingerprint density at radius 2 is 1.96 bits per heavy atom. The number of amides is 1. The number of rotatable bonds is 6. The van der Waals surface area contributed by atoms with E-state index in [0.29, 0.717) is 17.7 Å². The summed E-state index contributed by atoms with van der Waals surface area (Å²) in [6.07, 6.45) is 1.82. The van der Waals surface area contributed by atoms with Crippen LogP contribution in [0.1, 0.15) is 27.9 Å². The normalized spacial score (nSPS) is 10.6. The Hall–Kier alpha value is -3.15. The van der Waals surface area contributed by atoms with Crippen LogP contribution in [0, 0.1) is 0 Å². The molecule has 0 spiro atoms. The predicted octanol–water partition coefficient (Wildman–Crippen LogP) is 2.25. The molecule has 0 unspecified atom stereocenters. The molecule has 23 heavy (non-hydrogen) atoms. The summed E-state index contributed by atoms with van der Waals surface area (Å²) < 4.78 is 0. The summed E-state index contributed by atoms with van der Waals surface area (Å²) in [5, 5.41) is 15.0. The summed E-state index contributed by atoms with van der Waals surface area (Å²) >= 11 is 0. The van der Waals surface area contributed by atoms with Gasteiger partial charge in [-0.3, -0.25) is 9.59 Å². The second-order valence-corrected chi connectivity index (χ2v) is 4.91. The van der Waals surface area contributed by atoms with Crippen LogP contribution in [-0.2, 0) is 11.2 Å². The van der Waals surface area contributed by atoms with Crippen LogP contribution in [0.2, 0.25) is 0 Å². The van der Waals surface area contributed by atoms with Crippen molar-refractivity contribution in [1.82, 2.24) is 0 Å². The molecule has 0 heterocycles. The van der Waals surface area contributed by atoms with E-state index in [4.69, 9.17) is 10.9 Å². The summed E-state index contributed by atoms with van der Waals surface area (Å²) in [4.78, 5) is 23.1. The molecule has 118 valence electrons. The molecule has 0 aromatic heterocycles. The van der Waals surface area contributed by atoms with Gasteiger partial charge >= 0.3 is 5.97 Å². The first-order valence-electron chi connectivity index (χ1n) is 7.04. The first-order valence-corrected chi connectivity index (χ1v) is 7.04. The molecule has 0 aliphatic carbocycles.